The second-order valence-electron chi connectivity index (χ2n) is 3.80. The van der Waals surface area contributed by atoms with Gasteiger partial charge in [-0.2, -0.15) is 4.98 Å². The molecule has 2 rings (SSSR count). The molecule has 1 N–H and O–H groups in total. The van der Waals surface area contributed by atoms with E-state index < -0.39 is 0 Å². The number of aromatic nitrogens is 3. The Hall–Kier alpha value is -1.82. The number of ether oxygens (including phenoxy) is 1. The molecule has 6 heteroatoms. The van der Waals surface area contributed by atoms with E-state index in [2.05, 4.69) is 20.3 Å². The van der Waals surface area contributed by atoms with Crippen molar-refractivity contribution in [1.29, 1.82) is 0 Å². The summed E-state index contributed by atoms with van der Waals surface area (Å²) in [5.41, 5.74) is 0.830. The Balaban J connectivity index is 2.29. The van der Waals surface area contributed by atoms with E-state index in [-0.39, 0.29) is 0 Å². The van der Waals surface area contributed by atoms with Gasteiger partial charge in [0.15, 0.2) is 10.9 Å². The molecule has 2 heterocycles. The van der Waals surface area contributed by atoms with Crippen LogP contribution in [0.2, 0.25) is 0 Å². The fourth-order valence-electron chi connectivity index (χ4n) is 1.51. The average Bonchev–Trinajstić information content (AvgIpc) is 2.41. The molecule has 0 radical (unpaired) electrons. The van der Waals surface area contributed by atoms with E-state index in [0.717, 1.165) is 18.1 Å². The highest BCUT2D eigenvalue weighted by Gasteiger charge is 2.07. The lowest BCUT2D eigenvalue weighted by Crippen LogP contribution is -2.02. The SMILES string of the molecule is CCNc1cc(Oc2cccnc2C)nc(SC)n1. The molecule has 0 saturated carbocycles. The Morgan fingerprint density at radius 2 is 2.21 bits per heavy atom. The minimum Gasteiger partial charge on any atom is -0.437 e. The van der Waals surface area contributed by atoms with Crippen molar-refractivity contribution in [2.75, 3.05) is 18.1 Å². The number of nitrogens with zero attached hydrogens (tertiary/aromatic N) is 3. The highest BCUT2D eigenvalue weighted by atomic mass is 32.2. The van der Waals surface area contributed by atoms with Gasteiger partial charge >= 0.3 is 0 Å². The van der Waals surface area contributed by atoms with Crippen LogP contribution >= 0.6 is 11.8 Å². The number of thioether (sulfide) groups is 1. The molecule has 0 aliphatic carbocycles. The molecule has 0 fully saturated rings. The maximum Gasteiger partial charge on any atom is 0.225 e. The monoisotopic (exact) mass is 276 g/mol. The van der Waals surface area contributed by atoms with Crippen LogP contribution in [0.4, 0.5) is 5.82 Å². The van der Waals surface area contributed by atoms with Gasteiger partial charge in [-0.1, -0.05) is 11.8 Å². The third kappa shape index (κ3) is 3.57. The summed E-state index contributed by atoms with van der Waals surface area (Å²) in [5, 5.41) is 3.84. The van der Waals surface area contributed by atoms with Gasteiger partial charge in [0.25, 0.3) is 0 Å². The lowest BCUT2D eigenvalue weighted by atomic mass is 10.3. The molecule has 2 aromatic rings. The van der Waals surface area contributed by atoms with Crippen molar-refractivity contribution in [3.05, 3.63) is 30.1 Å². The number of anilines is 1. The van der Waals surface area contributed by atoms with Crippen LogP contribution in [0.5, 0.6) is 11.6 Å². The van der Waals surface area contributed by atoms with Crippen LogP contribution in [0.25, 0.3) is 0 Å². The standard InChI is InChI=1S/C13H16N4OS/c1-4-14-11-8-12(17-13(16-11)19-3)18-10-6-5-7-15-9(10)2/h5-8H,4H2,1-3H3,(H,14,16,17). The van der Waals surface area contributed by atoms with Crippen LogP contribution in [0.3, 0.4) is 0 Å². The van der Waals surface area contributed by atoms with Crippen molar-refractivity contribution in [1.82, 2.24) is 15.0 Å². The highest BCUT2D eigenvalue weighted by Crippen LogP contribution is 2.25. The molecule has 0 aliphatic heterocycles. The zero-order valence-corrected chi connectivity index (χ0v) is 12.0. The van der Waals surface area contributed by atoms with Gasteiger partial charge in [-0.25, -0.2) is 4.98 Å². The van der Waals surface area contributed by atoms with E-state index in [9.17, 15) is 0 Å². The normalized spacial score (nSPS) is 10.3. The fraction of sp³-hybridized carbons (Fsp3) is 0.308. The molecule has 0 saturated heterocycles. The van der Waals surface area contributed by atoms with E-state index >= 15 is 0 Å². The second-order valence-corrected chi connectivity index (χ2v) is 4.57. The van der Waals surface area contributed by atoms with E-state index in [1.165, 1.54) is 11.8 Å². The molecule has 0 atom stereocenters. The maximum atomic E-state index is 5.77. The van der Waals surface area contributed by atoms with Crippen molar-refractivity contribution in [3.63, 3.8) is 0 Å². The molecular weight excluding hydrogens is 260 g/mol. The molecule has 2 aromatic heterocycles. The third-order valence-corrected chi connectivity index (χ3v) is 2.94. The minimum atomic E-state index is 0.520. The molecule has 0 unspecified atom stereocenters. The average molecular weight is 276 g/mol. The lowest BCUT2D eigenvalue weighted by Gasteiger charge is -2.09. The van der Waals surface area contributed by atoms with Crippen molar-refractivity contribution in [2.45, 2.75) is 19.0 Å². The van der Waals surface area contributed by atoms with Gasteiger partial charge in [0.2, 0.25) is 5.88 Å². The summed E-state index contributed by atoms with van der Waals surface area (Å²) in [6.07, 6.45) is 3.67. The number of aryl methyl sites for hydroxylation is 1. The van der Waals surface area contributed by atoms with Crippen LogP contribution in [0.1, 0.15) is 12.6 Å². The van der Waals surface area contributed by atoms with E-state index in [1.807, 2.05) is 32.2 Å². The van der Waals surface area contributed by atoms with Crippen molar-refractivity contribution in [2.24, 2.45) is 0 Å². The largest absolute Gasteiger partial charge is 0.437 e. The molecule has 0 spiro atoms. The van der Waals surface area contributed by atoms with Crippen LogP contribution in [-0.2, 0) is 0 Å². The zero-order chi connectivity index (χ0) is 13.7. The van der Waals surface area contributed by atoms with Crippen LogP contribution in [0.15, 0.2) is 29.6 Å². The van der Waals surface area contributed by atoms with Gasteiger partial charge in [-0.3, -0.25) is 4.98 Å². The summed E-state index contributed by atoms with van der Waals surface area (Å²) >= 11 is 1.48. The van der Waals surface area contributed by atoms with Crippen molar-refractivity contribution in [3.8, 4) is 11.6 Å². The molecule has 19 heavy (non-hydrogen) atoms. The summed E-state index contributed by atoms with van der Waals surface area (Å²) < 4.78 is 5.77. The maximum absolute atomic E-state index is 5.77. The summed E-state index contributed by atoms with van der Waals surface area (Å²) in [4.78, 5) is 12.9. The molecule has 5 nitrogen and oxygen atoms in total. The molecule has 100 valence electrons. The minimum absolute atomic E-state index is 0.520. The lowest BCUT2D eigenvalue weighted by molar-refractivity contribution is 0.450. The van der Waals surface area contributed by atoms with Gasteiger partial charge in [0.1, 0.15) is 5.82 Å². The predicted molar refractivity (Wildman–Crippen MR) is 77.0 cm³/mol. The molecule has 0 aromatic carbocycles. The summed E-state index contributed by atoms with van der Waals surface area (Å²) in [6.45, 7) is 4.72. The number of hydrogen-bond acceptors (Lipinski definition) is 6. The third-order valence-electron chi connectivity index (χ3n) is 2.40. The summed E-state index contributed by atoms with van der Waals surface area (Å²) in [7, 11) is 0. The van der Waals surface area contributed by atoms with Gasteiger partial charge in [0, 0.05) is 18.8 Å². The smallest absolute Gasteiger partial charge is 0.225 e. The summed E-state index contributed by atoms with van der Waals surface area (Å²) in [5.74, 6) is 1.99. The quantitative estimate of drug-likeness (QED) is 0.669. The number of pyridine rings is 1. The Bertz CT molecular complexity index is 562. The van der Waals surface area contributed by atoms with Gasteiger partial charge in [-0.15, -0.1) is 0 Å². The number of rotatable bonds is 5. The number of nitrogens with one attached hydrogen (secondary N) is 1. The fourth-order valence-corrected chi connectivity index (χ4v) is 1.88. The number of hydrogen-bond donors (Lipinski definition) is 1. The van der Waals surface area contributed by atoms with Gasteiger partial charge in [0.05, 0.1) is 5.69 Å². The highest BCUT2D eigenvalue weighted by molar-refractivity contribution is 7.98. The van der Waals surface area contributed by atoms with Crippen molar-refractivity contribution >= 4 is 17.6 Å². The Morgan fingerprint density at radius 3 is 2.89 bits per heavy atom. The first-order valence-corrected chi connectivity index (χ1v) is 7.21. The zero-order valence-electron chi connectivity index (χ0n) is 11.2. The first-order chi connectivity index (χ1) is 9.22. The predicted octanol–water partition coefficient (Wildman–Crippen LogP) is 3.13. The first-order valence-electron chi connectivity index (χ1n) is 5.99. The Kier molecular flexibility index (Phi) is 4.57. The molecule has 0 bridgehead atoms. The Morgan fingerprint density at radius 1 is 1.37 bits per heavy atom. The molecular formula is C13H16N4OS. The van der Waals surface area contributed by atoms with Crippen LogP contribution in [-0.4, -0.2) is 27.8 Å². The second kappa shape index (κ2) is 6.38. The van der Waals surface area contributed by atoms with Crippen LogP contribution in [0, 0.1) is 6.92 Å². The molecule has 0 amide bonds. The van der Waals surface area contributed by atoms with Crippen molar-refractivity contribution < 1.29 is 4.74 Å². The van der Waals surface area contributed by atoms with E-state index in [4.69, 9.17) is 4.74 Å². The van der Waals surface area contributed by atoms with Gasteiger partial charge in [-0.05, 0) is 32.2 Å². The topological polar surface area (TPSA) is 59.9 Å². The molecule has 0 aliphatic rings. The van der Waals surface area contributed by atoms with E-state index in [1.54, 1.807) is 12.3 Å². The van der Waals surface area contributed by atoms with Crippen LogP contribution < -0.4 is 10.1 Å². The Labute approximate surface area is 116 Å². The first kappa shape index (κ1) is 13.6. The van der Waals surface area contributed by atoms with E-state index in [0.29, 0.717) is 16.8 Å². The van der Waals surface area contributed by atoms with Gasteiger partial charge < -0.3 is 10.1 Å². The summed E-state index contributed by atoms with van der Waals surface area (Å²) in [6, 6.07) is 5.50.